The molecule has 0 saturated heterocycles. The summed E-state index contributed by atoms with van der Waals surface area (Å²) in [5.74, 6) is 4.07. The van der Waals surface area contributed by atoms with E-state index in [-0.39, 0.29) is 5.54 Å². The summed E-state index contributed by atoms with van der Waals surface area (Å²) in [6.45, 7) is 9.65. The van der Waals surface area contributed by atoms with Gasteiger partial charge in [0, 0.05) is 5.54 Å². The van der Waals surface area contributed by atoms with Crippen LogP contribution in [0.1, 0.15) is 66.2 Å². The van der Waals surface area contributed by atoms with Crippen LogP contribution in [0, 0.1) is 29.6 Å². The predicted octanol–water partition coefficient (Wildman–Crippen LogP) is 4.21. The molecular formula is C16H31N. The second-order valence-corrected chi connectivity index (χ2v) is 7.38. The van der Waals surface area contributed by atoms with E-state index in [1.165, 1.54) is 38.5 Å². The van der Waals surface area contributed by atoms with E-state index in [0.29, 0.717) is 5.92 Å². The Balaban J connectivity index is 2.13. The molecule has 5 unspecified atom stereocenters. The second kappa shape index (κ2) is 4.91. The van der Waals surface area contributed by atoms with Crippen molar-refractivity contribution in [1.29, 1.82) is 0 Å². The Morgan fingerprint density at radius 3 is 2.12 bits per heavy atom. The van der Waals surface area contributed by atoms with Gasteiger partial charge in [0.15, 0.2) is 0 Å². The van der Waals surface area contributed by atoms with Gasteiger partial charge in [-0.15, -0.1) is 0 Å². The lowest BCUT2D eigenvalue weighted by atomic mass is 9.58. The molecule has 0 aliphatic heterocycles. The van der Waals surface area contributed by atoms with Crippen LogP contribution in [0.5, 0.6) is 0 Å². The van der Waals surface area contributed by atoms with Gasteiger partial charge < -0.3 is 5.73 Å². The van der Waals surface area contributed by atoms with Crippen molar-refractivity contribution in [1.82, 2.24) is 0 Å². The molecule has 2 fully saturated rings. The summed E-state index contributed by atoms with van der Waals surface area (Å²) in [7, 11) is 0. The van der Waals surface area contributed by atoms with Gasteiger partial charge in [-0.25, -0.2) is 0 Å². The van der Waals surface area contributed by atoms with Gasteiger partial charge in [0.2, 0.25) is 0 Å². The molecule has 17 heavy (non-hydrogen) atoms. The van der Waals surface area contributed by atoms with E-state index >= 15 is 0 Å². The summed E-state index contributed by atoms with van der Waals surface area (Å²) in [6.07, 6.45) is 8.16. The summed E-state index contributed by atoms with van der Waals surface area (Å²) < 4.78 is 0. The number of hydrogen-bond acceptors (Lipinski definition) is 1. The van der Waals surface area contributed by atoms with Gasteiger partial charge >= 0.3 is 0 Å². The van der Waals surface area contributed by atoms with Gasteiger partial charge in [-0.3, -0.25) is 0 Å². The Morgan fingerprint density at radius 1 is 0.941 bits per heavy atom. The molecule has 1 nitrogen and oxygen atoms in total. The largest absolute Gasteiger partial charge is 0.325 e. The van der Waals surface area contributed by atoms with Gasteiger partial charge in [-0.1, -0.05) is 40.5 Å². The van der Waals surface area contributed by atoms with E-state index in [9.17, 15) is 0 Å². The standard InChI is InChI=1S/C16H31N/c1-11-8-12(2)10-15(9-11)16(17)7-5-6-13(3)14(16)4/h11-15H,5-10,17H2,1-4H3. The third kappa shape index (κ3) is 2.54. The molecular weight excluding hydrogens is 206 g/mol. The average Bonchev–Trinajstić information content (AvgIpc) is 2.24. The Kier molecular flexibility index (Phi) is 3.87. The van der Waals surface area contributed by atoms with Gasteiger partial charge in [-0.2, -0.15) is 0 Å². The van der Waals surface area contributed by atoms with Crippen molar-refractivity contribution in [2.24, 2.45) is 35.3 Å². The molecule has 2 rings (SSSR count). The zero-order chi connectivity index (χ0) is 12.6. The summed E-state index contributed by atoms with van der Waals surface area (Å²) in [5, 5.41) is 0. The highest BCUT2D eigenvalue weighted by molar-refractivity contribution is 5.01. The maximum absolute atomic E-state index is 6.89. The maximum atomic E-state index is 6.89. The second-order valence-electron chi connectivity index (χ2n) is 7.38. The SMILES string of the molecule is CC1CC(C)CC(C2(N)CCCC(C)C2C)C1. The Morgan fingerprint density at radius 2 is 1.53 bits per heavy atom. The van der Waals surface area contributed by atoms with Crippen molar-refractivity contribution >= 4 is 0 Å². The molecule has 2 aliphatic carbocycles. The van der Waals surface area contributed by atoms with E-state index in [1.807, 2.05) is 0 Å². The summed E-state index contributed by atoms with van der Waals surface area (Å²) in [6, 6.07) is 0. The minimum atomic E-state index is 0.139. The fourth-order valence-electron chi connectivity index (χ4n) is 4.70. The molecule has 0 spiro atoms. The van der Waals surface area contributed by atoms with Gasteiger partial charge in [0.1, 0.15) is 0 Å². The van der Waals surface area contributed by atoms with E-state index < -0.39 is 0 Å². The third-order valence-corrected chi connectivity index (χ3v) is 5.91. The molecule has 2 saturated carbocycles. The van der Waals surface area contributed by atoms with E-state index in [2.05, 4.69) is 27.7 Å². The van der Waals surface area contributed by atoms with Crippen LogP contribution >= 0.6 is 0 Å². The van der Waals surface area contributed by atoms with Gasteiger partial charge in [-0.05, 0) is 55.3 Å². The van der Waals surface area contributed by atoms with Crippen LogP contribution in [0.15, 0.2) is 0 Å². The Hall–Kier alpha value is -0.0400. The van der Waals surface area contributed by atoms with Gasteiger partial charge in [0.25, 0.3) is 0 Å². The maximum Gasteiger partial charge on any atom is 0.0211 e. The first-order valence-corrected chi connectivity index (χ1v) is 7.72. The van der Waals surface area contributed by atoms with E-state index in [1.54, 1.807) is 0 Å². The van der Waals surface area contributed by atoms with E-state index in [0.717, 1.165) is 23.7 Å². The normalized spacial score (nSPS) is 52.4. The van der Waals surface area contributed by atoms with Crippen molar-refractivity contribution < 1.29 is 0 Å². The van der Waals surface area contributed by atoms with Crippen LogP contribution < -0.4 is 5.73 Å². The van der Waals surface area contributed by atoms with Crippen molar-refractivity contribution in [2.45, 2.75) is 71.8 Å². The molecule has 1 heteroatoms. The number of hydrogen-bond donors (Lipinski definition) is 1. The van der Waals surface area contributed by atoms with Crippen molar-refractivity contribution in [3.8, 4) is 0 Å². The Labute approximate surface area is 108 Å². The number of nitrogens with two attached hydrogens (primary N) is 1. The highest BCUT2D eigenvalue weighted by Gasteiger charge is 2.45. The van der Waals surface area contributed by atoms with Crippen molar-refractivity contribution in [2.75, 3.05) is 0 Å². The minimum absolute atomic E-state index is 0.139. The zero-order valence-corrected chi connectivity index (χ0v) is 12.2. The Bertz CT molecular complexity index is 252. The number of rotatable bonds is 1. The molecule has 0 radical (unpaired) electrons. The molecule has 5 atom stereocenters. The molecule has 0 amide bonds. The van der Waals surface area contributed by atoms with Crippen LogP contribution in [0.25, 0.3) is 0 Å². The minimum Gasteiger partial charge on any atom is -0.325 e. The van der Waals surface area contributed by atoms with Gasteiger partial charge in [0.05, 0.1) is 0 Å². The quantitative estimate of drug-likeness (QED) is 0.726. The lowest BCUT2D eigenvalue weighted by molar-refractivity contribution is 0.0399. The molecule has 0 aromatic carbocycles. The molecule has 2 N–H and O–H groups in total. The highest BCUT2D eigenvalue weighted by Crippen LogP contribution is 2.47. The van der Waals surface area contributed by atoms with Crippen molar-refractivity contribution in [3.05, 3.63) is 0 Å². The lowest BCUT2D eigenvalue weighted by Crippen LogP contribution is -2.57. The van der Waals surface area contributed by atoms with Crippen LogP contribution in [0.3, 0.4) is 0 Å². The summed E-state index contributed by atoms with van der Waals surface area (Å²) in [5.41, 5.74) is 7.03. The fourth-order valence-corrected chi connectivity index (χ4v) is 4.70. The van der Waals surface area contributed by atoms with Crippen LogP contribution in [0.4, 0.5) is 0 Å². The zero-order valence-electron chi connectivity index (χ0n) is 12.2. The first-order valence-electron chi connectivity index (χ1n) is 7.72. The molecule has 100 valence electrons. The van der Waals surface area contributed by atoms with Crippen molar-refractivity contribution in [3.63, 3.8) is 0 Å². The average molecular weight is 237 g/mol. The molecule has 0 aromatic heterocycles. The monoisotopic (exact) mass is 237 g/mol. The lowest BCUT2D eigenvalue weighted by Gasteiger charge is -2.51. The topological polar surface area (TPSA) is 26.0 Å². The van der Waals surface area contributed by atoms with Crippen LogP contribution in [0.2, 0.25) is 0 Å². The molecule has 0 bridgehead atoms. The highest BCUT2D eigenvalue weighted by atomic mass is 14.8. The van der Waals surface area contributed by atoms with Crippen LogP contribution in [-0.2, 0) is 0 Å². The first kappa shape index (κ1) is 13.4. The third-order valence-electron chi connectivity index (χ3n) is 5.91. The molecule has 0 heterocycles. The van der Waals surface area contributed by atoms with Crippen LogP contribution in [-0.4, -0.2) is 5.54 Å². The predicted molar refractivity (Wildman–Crippen MR) is 74.8 cm³/mol. The smallest absolute Gasteiger partial charge is 0.0211 e. The molecule has 0 aromatic rings. The first-order chi connectivity index (χ1) is 7.93. The fraction of sp³-hybridized carbons (Fsp3) is 1.00. The molecule has 2 aliphatic rings. The van der Waals surface area contributed by atoms with E-state index in [4.69, 9.17) is 5.73 Å². The summed E-state index contributed by atoms with van der Waals surface area (Å²) in [4.78, 5) is 0. The summed E-state index contributed by atoms with van der Waals surface area (Å²) >= 11 is 0.